The molecule has 4 nitrogen and oxygen atoms in total. The maximum atomic E-state index is 11.8. The first-order valence-corrected chi connectivity index (χ1v) is 13.0. The quantitative estimate of drug-likeness (QED) is 0.543. The molecule has 1 aromatic carbocycles. The highest BCUT2D eigenvalue weighted by molar-refractivity contribution is 7.90. The molecule has 168 valence electrons. The number of nitrogens with zero attached hydrogens (tertiary/aromatic N) is 2. The van der Waals surface area contributed by atoms with Gasteiger partial charge < -0.3 is 0 Å². The Morgan fingerprint density at radius 1 is 1.10 bits per heavy atom. The SMILES string of the molecule is CC(C)=CC(CC(C)(C)c1ccc(S(C)(=O)=O)cc1)N1CCC(c2ccncc2)CC1. The number of allylic oxidation sites excluding steroid dienone is 1. The molecule has 0 N–H and O–H groups in total. The minimum Gasteiger partial charge on any atom is -0.297 e. The Labute approximate surface area is 188 Å². The van der Waals surface area contributed by atoms with Gasteiger partial charge in [0.2, 0.25) is 0 Å². The van der Waals surface area contributed by atoms with E-state index < -0.39 is 9.84 Å². The molecule has 5 heteroatoms. The zero-order valence-electron chi connectivity index (χ0n) is 19.5. The molecule has 1 aromatic heterocycles. The van der Waals surface area contributed by atoms with Gasteiger partial charge in [-0.15, -0.1) is 0 Å². The molecule has 31 heavy (non-hydrogen) atoms. The number of piperidine rings is 1. The van der Waals surface area contributed by atoms with E-state index in [0.717, 1.165) is 19.5 Å². The summed E-state index contributed by atoms with van der Waals surface area (Å²) in [6, 6.07) is 12.1. The van der Waals surface area contributed by atoms with E-state index in [1.807, 2.05) is 24.5 Å². The minimum absolute atomic E-state index is 0.0609. The van der Waals surface area contributed by atoms with Gasteiger partial charge in [0.15, 0.2) is 9.84 Å². The second kappa shape index (κ2) is 9.66. The Morgan fingerprint density at radius 3 is 2.19 bits per heavy atom. The van der Waals surface area contributed by atoms with Crippen molar-refractivity contribution in [1.82, 2.24) is 9.88 Å². The lowest BCUT2D eigenvalue weighted by Crippen LogP contribution is -2.43. The predicted octanol–water partition coefficient (Wildman–Crippen LogP) is 5.37. The highest BCUT2D eigenvalue weighted by Crippen LogP contribution is 2.34. The largest absolute Gasteiger partial charge is 0.297 e. The summed E-state index contributed by atoms with van der Waals surface area (Å²) in [4.78, 5) is 7.16. The molecule has 1 saturated heterocycles. The zero-order valence-corrected chi connectivity index (χ0v) is 20.3. The highest BCUT2D eigenvalue weighted by atomic mass is 32.2. The van der Waals surface area contributed by atoms with E-state index in [1.54, 1.807) is 12.1 Å². The van der Waals surface area contributed by atoms with E-state index in [2.05, 4.69) is 55.8 Å². The first kappa shape index (κ1) is 23.7. The van der Waals surface area contributed by atoms with Gasteiger partial charge in [-0.25, -0.2) is 8.42 Å². The van der Waals surface area contributed by atoms with Gasteiger partial charge in [0.1, 0.15) is 0 Å². The van der Waals surface area contributed by atoms with E-state index in [1.165, 1.54) is 35.8 Å². The number of benzene rings is 1. The van der Waals surface area contributed by atoms with Gasteiger partial charge in [0.25, 0.3) is 0 Å². The van der Waals surface area contributed by atoms with E-state index in [-0.39, 0.29) is 5.41 Å². The van der Waals surface area contributed by atoms with Gasteiger partial charge in [-0.3, -0.25) is 9.88 Å². The van der Waals surface area contributed by atoms with Crippen molar-refractivity contribution in [2.45, 2.75) is 69.2 Å². The molecule has 0 spiro atoms. The zero-order chi connectivity index (χ0) is 22.6. The van der Waals surface area contributed by atoms with Crippen LogP contribution < -0.4 is 0 Å². The summed E-state index contributed by atoms with van der Waals surface area (Å²) in [5.41, 5.74) is 3.86. The second-order valence-electron chi connectivity index (χ2n) is 9.79. The van der Waals surface area contributed by atoms with Crippen LogP contribution >= 0.6 is 0 Å². The van der Waals surface area contributed by atoms with Gasteiger partial charge in [-0.2, -0.15) is 0 Å². The van der Waals surface area contributed by atoms with E-state index in [0.29, 0.717) is 16.9 Å². The van der Waals surface area contributed by atoms with Crippen molar-refractivity contribution in [2.24, 2.45) is 0 Å². The highest BCUT2D eigenvalue weighted by Gasteiger charge is 2.30. The molecule has 1 fully saturated rings. The molecule has 0 saturated carbocycles. The molecule has 0 bridgehead atoms. The smallest absolute Gasteiger partial charge is 0.175 e. The van der Waals surface area contributed by atoms with Crippen molar-refractivity contribution in [3.63, 3.8) is 0 Å². The third kappa shape index (κ3) is 6.27. The monoisotopic (exact) mass is 440 g/mol. The van der Waals surface area contributed by atoms with Crippen LogP contribution in [0.4, 0.5) is 0 Å². The van der Waals surface area contributed by atoms with Crippen LogP contribution in [0, 0.1) is 0 Å². The summed E-state index contributed by atoms with van der Waals surface area (Å²) in [5, 5.41) is 0. The molecule has 1 aliphatic heterocycles. The molecular formula is C26H36N2O2S. The molecule has 0 radical (unpaired) electrons. The second-order valence-corrected chi connectivity index (χ2v) is 11.8. The summed E-state index contributed by atoms with van der Waals surface area (Å²) < 4.78 is 23.6. The van der Waals surface area contributed by atoms with Gasteiger partial charge in [0, 0.05) is 24.7 Å². The van der Waals surface area contributed by atoms with E-state index >= 15 is 0 Å². The Bertz CT molecular complexity index is 983. The number of hydrogen-bond acceptors (Lipinski definition) is 4. The molecule has 0 amide bonds. The Hall–Kier alpha value is -1.98. The summed E-state index contributed by atoms with van der Waals surface area (Å²) in [6.45, 7) is 11.0. The average molecular weight is 441 g/mol. The lowest BCUT2D eigenvalue weighted by Gasteiger charge is -2.40. The standard InChI is InChI=1S/C26H36N2O2S/c1-20(2)18-24(28-16-12-22(13-17-28)21-10-14-27-15-11-21)19-26(3,4)23-6-8-25(9-7-23)31(5,29)30/h6-11,14-15,18,22,24H,12-13,16-17,19H2,1-5H3. The molecular weight excluding hydrogens is 404 g/mol. The summed E-state index contributed by atoms with van der Waals surface area (Å²) in [5.74, 6) is 0.614. The van der Waals surface area contributed by atoms with Crippen LogP contribution in [0.25, 0.3) is 0 Å². The van der Waals surface area contributed by atoms with Crippen molar-refractivity contribution in [2.75, 3.05) is 19.3 Å². The first-order chi connectivity index (χ1) is 14.6. The maximum absolute atomic E-state index is 11.8. The first-order valence-electron chi connectivity index (χ1n) is 11.2. The Kier molecular flexibility index (Phi) is 7.38. The number of sulfone groups is 1. The predicted molar refractivity (Wildman–Crippen MR) is 128 cm³/mol. The molecule has 1 atom stereocenters. The number of aromatic nitrogens is 1. The maximum Gasteiger partial charge on any atom is 0.175 e. The minimum atomic E-state index is -3.17. The lowest BCUT2D eigenvalue weighted by molar-refractivity contribution is 0.155. The van der Waals surface area contributed by atoms with Gasteiger partial charge in [-0.05, 0) is 92.9 Å². The molecule has 1 unspecified atom stereocenters. The molecule has 0 aliphatic carbocycles. The van der Waals surface area contributed by atoms with Crippen LogP contribution in [-0.4, -0.2) is 43.7 Å². The Morgan fingerprint density at radius 2 is 1.68 bits per heavy atom. The van der Waals surface area contributed by atoms with E-state index in [9.17, 15) is 8.42 Å². The van der Waals surface area contributed by atoms with Crippen molar-refractivity contribution in [1.29, 1.82) is 0 Å². The van der Waals surface area contributed by atoms with E-state index in [4.69, 9.17) is 0 Å². The van der Waals surface area contributed by atoms with Crippen molar-refractivity contribution in [3.05, 3.63) is 71.6 Å². The Balaban J connectivity index is 1.73. The lowest BCUT2D eigenvalue weighted by atomic mass is 9.78. The van der Waals surface area contributed by atoms with Crippen molar-refractivity contribution in [3.8, 4) is 0 Å². The topological polar surface area (TPSA) is 50.3 Å². The van der Waals surface area contributed by atoms with Gasteiger partial charge in [-0.1, -0.05) is 37.6 Å². The number of rotatable bonds is 7. The fourth-order valence-corrected chi connectivity index (χ4v) is 5.30. The van der Waals surface area contributed by atoms with Crippen LogP contribution in [0.1, 0.15) is 64.0 Å². The van der Waals surface area contributed by atoms with Crippen LogP contribution in [0.3, 0.4) is 0 Å². The molecule has 3 rings (SSSR count). The molecule has 1 aliphatic rings. The van der Waals surface area contributed by atoms with Crippen LogP contribution in [0.2, 0.25) is 0 Å². The third-order valence-electron chi connectivity index (χ3n) is 6.49. The number of hydrogen-bond donors (Lipinski definition) is 0. The number of pyridine rings is 1. The molecule has 2 heterocycles. The average Bonchev–Trinajstić information content (AvgIpc) is 2.73. The molecule has 2 aromatic rings. The van der Waals surface area contributed by atoms with Crippen molar-refractivity contribution < 1.29 is 8.42 Å². The van der Waals surface area contributed by atoms with Crippen molar-refractivity contribution >= 4 is 9.84 Å². The third-order valence-corrected chi connectivity index (χ3v) is 7.61. The van der Waals surface area contributed by atoms with Gasteiger partial charge >= 0.3 is 0 Å². The fraction of sp³-hybridized carbons (Fsp3) is 0.500. The number of likely N-dealkylation sites (tertiary alicyclic amines) is 1. The normalized spacial score (nSPS) is 17.3. The van der Waals surface area contributed by atoms with Crippen LogP contribution in [0.15, 0.2) is 65.3 Å². The summed E-state index contributed by atoms with van der Waals surface area (Å²) >= 11 is 0. The van der Waals surface area contributed by atoms with Crippen LogP contribution in [0.5, 0.6) is 0 Å². The van der Waals surface area contributed by atoms with Gasteiger partial charge in [0.05, 0.1) is 4.90 Å². The summed E-state index contributed by atoms with van der Waals surface area (Å²) in [7, 11) is -3.17. The summed E-state index contributed by atoms with van der Waals surface area (Å²) in [6.07, 6.45) is 10.8. The fourth-order valence-electron chi connectivity index (χ4n) is 4.67. The van der Waals surface area contributed by atoms with Crippen LogP contribution in [-0.2, 0) is 15.3 Å².